The number of rotatable bonds is 10. The molecule has 1 unspecified atom stereocenters. The number of primary sulfonamides is 1. The highest BCUT2D eigenvalue weighted by molar-refractivity contribution is 7.88. The Morgan fingerprint density at radius 1 is 1.07 bits per heavy atom. The molecule has 1 aliphatic rings. The normalized spacial score (nSPS) is 15.3. The summed E-state index contributed by atoms with van der Waals surface area (Å²) in [6.45, 7) is 0.785. The highest BCUT2D eigenvalue weighted by atomic mass is 32.2. The molecule has 7 heteroatoms. The largest absolute Gasteiger partial charge is 0.496 e. The van der Waals surface area contributed by atoms with Crippen molar-refractivity contribution >= 4 is 10.0 Å². The van der Waals surface area contributed by atoms with Crippen molar-refractivity contribution in [3.63, 3.8) is 0 Å². The van der Waals surface area contributed by atoms with Gasteiger partial charge < -0.3 is 14.2 Å². The van der Waals surface area contributed by atoms with Crippen LogP contribution in [0.4, 0.5) is 0 Å². The highest BCUT2D eigenvalue weighted by Crippen LogP contribution is 2.48. The minimum atomic E-state index is -3.60. The summed E-state index contributed by atoms with van der Waals surface area (Å²) in [6.07, 6.45) is 5.01. The van der Waals surface area contributed by atoms with E-state index in [9.17, 15) is 8.42 Å². The maximum Gasteiger partial charge on any atom is 0.213 e. The third-order valence-electron chi connectivity index (χ3n) is 5.14. The van der Waals surface area contributed by atoms with Gasteiger partial charge in [0.2, 0.25) is 10.0 Å². The van der Waals surface area contributed by atoms with Crippen LogP contribution in [0.3, 0.4) is 0 Å². The molecule has 0 aromatic heterocycles. The van der Waals surface area contributed by atoms with Gasteiger partial charge in [-0.3, -0.25) is 0 Å². The van der Waals surface area contributed by atoms with Crippen LogP contribution in [-0.2, 0) is 20.5 Å². The molecule has 0 amide bonds. The van der Waals surface area contributed by atoms with Gasteiger partial charge in [-0.05, 0) is 42.5 Å². The number of fused-ring (bicyclic) bond motifs is 3. The van der Waals surface area contributed by atoms with Crippen molar-refractivity contribution in [2.24, 2.45) is 5.14 Å². The molecule has 0 radical (unpaired) electrons. The van der Waals surface area contributed by atoms with Gasteiger partial charge in [0.15, 0.2) is 0 Å². The fourth-order valence-electron chi connectivity index (χ4n) is 3.83. The minimum Gasteiger partial charge on any atom is -0.496 e. The maximum atomic E-state index is 11.6. The molecule has 158 valence electrons. The lowest BCUT2D eigenvalue weighted by molar-refractivity contribution is 0.180. The van der Waals surface area contributed by atoms with Gasteiger partial charge in [0.05, 0.1) is 18.4 Å². The van der Waals surface area contributed by atoms with Crippen LogP contribution < -0.4 is 14.6 Å². The average Bonchev–Trinajstić information content (AvgIpc) is 2.68. The van der Waals surface area contributed by atoms with Crippen molar-refractivity contribution in [2.45, 2.75) is 44.0 Å². The second kappa shape index (κ2) is 9.61. The molecule has 0 bridgehead atoms. The van der Waals surface area contributed by atoms with Gasteiger partial charge in [0.25, 0.3) is 0 Å². The van der Waals surface area contributed by atoms with Gasteiger partial charge in [-0.15, -0.1) is 0 Å². The van der Waals surface area contributed by atoms with E-state index in [1.807, 2.05) is 36.4 Å². The maximum absolute atomic E-state index is 11.6. The summed E-state index contributed by atoms with van der Waals surface area (Å²) in [6, 6.07) is 11.4. The molecule has 2 aromatic carbocycles. The van der Waals surface area contributed by atoms with E-state index < -0.39 is 10.0 Å². The molecule has 29 heavy (non-hydrogen) atoms. The molecule has 1 heterocycles. The molecular formula is C22H29NO5S. The molecule has 0 spiro atoms. The summed E-state index contributed by atoms with van der Waals surface area (Å²) in [4.78, 5) is 0. The third-order valence-corrected chi connectivity index (χ3v) is 5.88. The Hall–Kier alpha value is -2.09. The average molecular weight is 420 g/mol. The second-order valence-corrected chi connectivity index (χ2v) is 8.98. The zero-order valence-electron chi connectivity index (χ0n) is 17.0. The Kier molecular flexibility index (Phi) is 7.16. The molecule has 2 aromatic rings. The molecule has 3 rings (SSSR count). The van der Waals surface area contributed by atoms with E-state index >= 15 is 0 Å². The zero-order valence-corrected chi connectivity index (χ0v) is 17.8. The first-order chi connectivity index (χ1) is 13.9. The first-order valence-electron chi connectivity index (χ1n) is 9.89. The van der Waals surface area contributed by atoms with Crippen LogP contribution in [0.15, 0.2) is 36.4 Å². The van der Waals surface area contributed by atoms with Gasteiger partial charge in [-0.1, -0.05) is 37.1 Å². The summed E-state index contributed by atoms with van der Waals surface area (Å²) in [5.41, 5.74) is 3.58. The number of ether oxygens (including phenoxy) is 3. The number of nitrogens with two attached hydrogens (primary N) is 1. The van der Waals surface area contributed by atoms with Crippen LogP contribution >= 0.6 is 0 Å². The van der Waals surface area contributed by atoms with Crippen molar-refractivity contribution in [1.29, 1.82) is 0 Å². The van der Waals surface area contributed by atoms with Crippen LogP contribution in [0.1, 0.15) is 49.3 Å². The zero-order chi connectivity index (χ0) is 20.9. The number of methoxy groups -OCH3 is 2. The first-order valence-corrected chi connectivity index (χ1v) is 11.6. The molecule has 0 saturated carbocycles. The SMILES string of the molecule is COCCCCCCC1Oc2cccc(OC)c2-c2ccc(CS(N)(=O)=O)cc21. The first kappa shape index (κ1) is 21.6. The van der Waals surface area contributed by atoms with Crippen molar-refractivity contribution < 1.29 is 22.6 Å². The summed E-state index contributed by atoms with van der Waals surface area (Å²) in [5, 5.41) is 5.25. The highest BCUT2D eigenvalue weighted by Gasteiger charge is 2.28. The Morgan fingerprint density at radius 3 is 2.59 bits per heavy atom. The second-order valence-electron chi connectivity index (χ2n) is 7.36. The van der Waals surface area contributed by atoms with E-state index in [1.54, 1.807) is 14.2 Å². The number of unbranched alkanes of at least 4 members (excludes halogenated alkanes) is 3. The number of hydrogen-bond acceptors (Lipinski definition) is 5. The summed E-state index contributed by atoms with van der Waals surface area (Å²) in [7, 11) is -0.246. The van der Waals surface area contributed by atoms with Gasteiger partial charge >= 0.3 is 0 Å². The summed E-state index contributed by atoms with van der Waals surface area (Å²) in [5.74, 6) is 1.34. The number of benzene rings is 2. The molecule has 1 aliphatic heterocycles. The van der Waals surface area contributed by atoms with Gasteiger partial charge in [-0.2, -0.15) is 0 Å². The smallest absolute Gasteiger partial charge is 0.213 e. The molecule has 0 aliphatic carbocycles. The monoisotopic (exact) mass is 419 g/mol. The molecule has 6 nitrogen and oxygen atoms in total. The van der Waals surface area contributed by atoms with Crippen molar-refractivity contribution in [3.05, 3.63) is 47.5 Å². The van der Waals surface area contributed by atoms with Gasteiger partial charge in [0.1, 0.15) is 17.6 Å². The van der Waals surface area contributed by atoms with Crippen molar-refractivity contribution in [3.8, 4) is 22.6 Å². The standard InChI is InChI=1S/C22H29NO5S/c1-26-13-6-4-3-5-8-19-18-14-16(15-29(23,24)25)11-12-17(18)22-20(27-2)9-7-10-21(22)28-19/h7,9-12,14,19H,3-6,8,13,15H2,1-2H3,(H2,23,24,25). The van der Waals surface area contributed by atoms with E-state index in [0.29, 0.717) is 5.56 Å². The predicted octanol–water partition coefficient (Wildman–Crippen LogP) is 4.18. The van der Waals surface area contributed by atoms with E-state index in [1.165, 1.54) is 0 Å². The molecular weight excluding hydrogens is 390 g/mol. The molecule has 0 saturated heterocycles. The van der Waals surface area contributed by atoms with Gasteiger partial charge in [0, 0.05) is 19.3 Å². The van der Waals surface area contributed by atoms with Crippen molar-refractivity contribution in [2.75, 3.05) is 20.8 Å². The van der Waals surface area contributed by atoms with Crippen LogP contribution in [-0.4, -0.2) is 29.2 Å². The number of hydrogen-bond donors (Lipinski definition) is 1. The molecule has 2 N–H and O–H groups in total. The molecule has 0 fully saturated rings. The summed E-state index contributed by atoms with van der Waals surface area (Å²) >= 11 is 0. The van der Waals surface area contributed by atoms with Crippen LogP contribution in [0, 0.1) is 0 Å². The number of sulfonamides is 1. The van der Waals surface area contributed by atoms with Crippen LogP contribution in [0.25, 0.3) is 11.1 Å². The van der Waals surface area contributed by atoms with E-state index in [2.05, 4.69) is 0 Å². The lowest BCUT2D eigenvalue weighted by Crippen LogP contribution is -2.17. The topological polar surface area (TPSA) is 87.8 Å². The van der Waals surface area contributed by atoms with Crippen LogP contribution in [0.5, 0.6) is 11.5 Å². The fraction of sp³-hybridized carbons (Fsp3) is 0.455. The van der Waals surface area contributed by atoms with E-state index in [4.69, 9.17) is 19.3 Å². The molecule has 1 atom stereocenters. The Bertz CT molecular complexity index is 942. The third kappa shape index (κ3) is 5.50. The summed E-state index contributed by atoms with van der Waals surface area (Å²) < 4.78 is 40.1. The van der Waals surface area contributed by atoms with E-state index in [0.717, 1.165) is 66.9 Å². The van der Waals surface area contributed by atoms with Crippen molar-refractivity contribution in [1.82, 2.24) is 0 Å². The van der Waals surface area contributed by atoms with E-state index in [-0.39, 0.29) is 11.9 Å². The van der Waals surface area contributed by atoms with Gasteiger partial charge in [-0.25, -0.2) is 13.6 Å². The predicted molar refractivity (Wildman–Crippen MR) is 114 cm³/mol. The quantitative estimate of drug-likeness (QED) is 0.584. The Labute approximate surface area is 173 Å². The fourth-order valence-corrected chi connectivity index (χ4v) is 4.48. The minimum absolute atomic E-state index is 0.132. The lowest BCUT2D eigenvalue weighted by atomic mass is 9.89. The van der Waals surface area contributed by atoms with Crippen LogP contribution in [0.2, 0.25) is 0 Å². The lowest BCUT2D eigenvalue weighted by Gasteiger charge is -2.30. The Morgan fingerprint density at radius 2 is 1.86 bits per heavy atom. The Balaban J connectivity index is 1.88.